The molecule has 3 aromatic rings. The topological polar surface area (TPSA) is 17.8 Å². The first kappa shape index (κ1) is 18.3. The zero-order chi connectivity index (χ0) is 17.1. The number of halogens is 4. The van der Waals surface area contributed by atoms with E-state index in [9.17, 15) is 0 Å². The molecule has 1 aromatic heterocycles. The zero-order valence-electron chi connectivity index (χ0n) is 12.3. The highest BCUT2D eigenvalue weighted by molar-refractivity contribution is 9.11. The van der Waals surface area contributed by atoms with Gasteiger partial charge in [-0.15, -0.1) is 11.8 Å². The Morgan fingerprint density at radius 3 is 2.58 bits per heavy atom. The Morgan fingerprint density at radius 1 is 1.08 bits per heavy atom. The van der Waals surface area contributed by atoms with Crippen molar-refractivity contribution in [2.24, 2.45) is 0 Å². The van der Waals surface area contributed by atoms with Crippen molar-refractivity contribution < 1.29 is 0 Å². The lowest BCUT2D eigenvalue weighted by atomic mass is 10.1. The van der Waals surface area contributed by atoms with Crippen molar-refractivity contribution in [3.63, 3.8) is 0 Å². The SMILES string of the molecule is Clc1ccc(SC(Cn2ccnc2)c2ccc(Br)cc2Br)cc1Cl. The predicted molar refractivity (Wildman–Crippen MR) is 109 cm³/mol. The number of benzene rings is 2. The Bertz CT molecular complexity index is 841. The van der Waals surface area contributed by atoms with E-state index in [0.29, 0.717) is 10.0 Å². The summed E-state index contributed by atoms with van der Waals surface area (Å²) in [7, 11) is 0. The van der Waals surface area contributed by atoms with Crippen LogP contribution >= 0.6 is 66.8 Å². The van der Waals surface area contributed by atoms with Gasteiger partial charge >= 0.3 is 0 Å². The highest BCUT2D eigenvalue weighted by atomic mass is 79.9. The highest BCUT2D eigenvalue weighted by Gasteiger charge is 2.18. The first-order valence-corrected chi connectivity index (χ1v) is 10.3. The van der Waals surface area contributed by atoms with Gasteiger partial charge < -0.3 is 4.57 Å². The fourth-order valence-electron chi connectivity index (χ4n) is 2.26. The van der Waals surface area contributed by atoms with E-state index in [2.05, 4.69) is 59.6 Å². The van der Waals surface area contributed by atoms with Crippen LogP contribution in [0.5, 0.6) is 0 Å². The van der Waals surface area contributed by atoms with Crippen molar-refractivity contribution in [3.8, 4) is 0 Å². The normalized spacial score (nSPS) is 12.3. The standard InChI is InChI=1S/C17H12Br2Cl2N2S/c18-11-1-3-13(14(19)7-11)17(9-23-6-5-22-10-23)24-12-2-4-15(20)16(21)8-12/h1-8,10,17H,9H2. The molecule has 0 bridgehead atoms. The van der Waals surface area contributed by atoms with Crippen molar-refractivity contribution in [1.82, 2.24) is 9.55 Å². The minimum atomic E-state index is 0.193. The van der Waals surface area contributed by atoms with Gasteiger partial charge in [0, 0.05) is 32.8 Å². The van der Waals surface area contributed by atoms with Gasteiger partial charge in [0.15, 0.2) is 0 Å². The fourth-order valence-corrected chi connectivity index (χ4v) is 5.34. The smallest absolute Gasteiger partial charge is 0.0946 e. The summed E-state index contributed by atoms with van der Waals surface area (Å²) in [6.07, 6.45) is 5.59. The van der Waals surface area contributed by atoms with Crippen LogP contribution < -0.4 is 0 Å². The molecule has 3 rings (SSSR count). The van der Waals surface area contributed by atoms with E-state index < -0.39 is 0 Å². The van der Waals surface area contributed by atoms with Crippen LogP contribution in [0.15, 0.2) is 69.0 Å². The van der Waals surface area contributed by atoms with E-state index in [1.807, 2.05) is 30.7 Å². The maximum Gasteiger partial charge on any atom is 0.0946 e. The molecule has 0 amide bonds. The van der Waals surface area contributed by atoms with Crippen molar-refractivity contribution in [3.05, 3.63) is 79.7 Å². The maximum atomic E-state index is 6.16. The molecule has 0 saturated heterocycles. The van der Waals surface area contributed by atoms with Crippen LogP contribution in [0, 0.1) is 0 Å². The zero-order valence-corrected chi connectivity index (χ0v) is 17.8. The molecule has 1 heterocycles. The quantitative estimate of drug-likeness (QED) is 0.339. The van der Waals surface area contributed by atoms with Crippen molar-refractivity contribution in [2.45, 2.75) is 16.7 Å². The van der Waals surface area contributed by atoms with Crippen LogP contribution in [0.25, 0.3) is 0 Å². The molecule has 0 saturated carbocycles. The molecule has 0 aliphatic rings. The van der Waals surface area contributed by atoms with Crippen LogP contribution in [0.4, 0.5) is 0 Å². The third kappa shape index (κ3) is 4.58. The van der Waals surface area contributed by atoms with E-state index in [-0.39, 0.29) is 5.25 Å². The molecule has 0 N–H and O–H groups in total. The van der Waals surface area contributed by atoms with E-state index in [1.54, 1.807) is 18.0 Å². The number of nitrogens with zero attached hydrogens (tertiary/aromatic N) is 2. The molecule has 0 radical (unpaired) electrons. The summed E-state index contributed by atoms with van der Waals surface area (Å²) in [6.45, 7) is 0.797. The largest absolute Gasteiger partial charge is 0.336 e. The molecular formula is C17H12Br2Cl2N2S. The van der Waals surface area contributed by atoms with E-state index >= 15 is 0 Å². The van der Waals surface area contributed by atoms with Crippen molar-refractivity contribution in [2.75, 3.05) is 0 Å². The molecule has 7 heteroatoms. The summed E-state index contributed by atoms with van der Waals surface area (Å²) in [6, 6.07) is 12.0. The molecule has 124 valence electrons. The third-order valence-corrected chi connectivity index (χ3v) is 6.55. The summed E-state index contributed by atoms with van der Waals surface area (Å²) in [5, 5.41) is 1.33. The lowest BCUT2D eigenvalue weighted by Gasteiger charge is -2.19. The molecule has 0 aliphatic heterocycles. The molecule has 24 heavy (non-hydrogen) atoms. The van der Waals surface area contributed by atoms with Gasteiger partial charge in [0.1, 0.15) is 0 Å². The molecule has 0 aliphatic carbocycles. The number of hydrogen-bond donors (Lipinski definition) is 0. The van der Waals surface area contributed by atoms with Crippen molar-refractivity contribution in [1.29, 1.82) is 0 Å². The Hall–Kier alpha value is -0.460. The number of hydrogen-bond acceptors (Lipinski definition) is 2. The van der Waals surface area contributed by atoms with Gasteiger partial charge in [-0.25, -0.2) is 4.98 Å². The summed E-state index contributed by atoms with van der Waals surface area (Å²) < 4.78 is 4.18. The lowest BCUT2D eigenvalue weighted by Crippen LogP contribution is -2.05. The first-order valence-electron chi connectivity index (χ1n) is 7.05. The Balaban J connectivity index is 1.93. The van der Waals surface area contributed by atoms with Crippen LogP contribution in [-0.4, -0.2) is 9.55 Å². The van der Waals surface area contributed by atoms with E-state index in [4.69, 9.17) is 23.2 Å². The second kappa shape index (κ2) is 8.28. The Morgan fingerprint density at radius 2 is 1.92 bits per heavy atom. The van der Waals surface area contributed by atoms with Crippen molar-refractivity contribution >= 4 is 66.8 Å². The second-order valence-electron chi connectivity index (χ2n) is 5.11. The predicted octanol–water partition coefficient (Wildman–Crippen LogP) is 7.25. The average molecular weight is 507 g/mol. The van der Waals surface area contributed by atoms with E-state index in [0.717, 1.165) is 20.4 Å². The highest BCUT2D eigenvalue weighted by Crippen LogP contribution is 2.41. The minimum Gasteiger partial charge on any atom is -0.336 e. The number of thioether (sulfide) groups is 1. The first-order chi connectivity index (χ1) is 11.5. The average Bonchev–Trinajstić information content (AvgIpc) is 3.03. The van der Waals surface area contributed by atoms with Crippen LogP contribution in [-0.2, 0) is 6.54 Å². The van der Waals surface area contributed by atoms with Crippen LogP contribution in [0.3, 0.4) is 0 Å². The van der Waals surface area contributed by atoms with Crippen LogP contribution in [0.2, 0.25) is 10.0 Å². The Kier molecular flexibility index (Phi) is 6.33. The minimum absolute atomic E-state index is 0.193. The number of rotatable bonds is 5. The van der Waals surface area contributed by atoms with Gasteiger partial charge in [-0.3, -0.25) is 0 Å². The van der Waals surface area contributed by atoms with Gasteiger partial charge in [-0.2, -0.15) is 0 Å². The van der Waals surface area contributed by atoms with Gasteiger partial charge in [-0.05, 0) is 35.9 Å². The molecule has 0 spiro atoms. The maximum absolute atomic E-state index is 6.16. The molecule has 0 fully saturated rings. The van der Waals surface area contributed by atoms with Gasteiger partial charge in [0.05, 0.1) is 21.6 Å². The summed E-state index contributed by atoms with van der Waals surface area (Å²) in [4.78, 5) is 5.21. The summed E-state index contributed by atoms with van der Waals surface area (Å²) in [5.41, 5.74) is 1.21. The van der Waals surface area contributed by atoms with E-state index in [1.165, 1.54) is 5.56 Å². The fraction of sp³-hybridized carbons (Fsp3) is 0.118. The second-order valence-corrected chi connectivity index (χ2v) is 8.97. The lowest BCUT2D eigenvalue weighted by molar-refractivity contribution is 0.682. The molecular weight excluding hydrogens is 495 g/mol. The number of imidazole rings is 1. The molecule has 2 aromatic carbocycles. The van der Waals surface area contributed by atoms with Gasteiger partial charge in [0.25, 0.3) is 0 Å². The molecule has 1 unspecified atom stereocenters. The number of aromatic nitrogens is 2. The summed E-state index contributed by atoms with van der Waals surface area (Å²) in [5.74, 6) is 0. The summed E-state index contributed by atoms with van der Waals surface area (Å²) >= 11 is 21.1. The third-order valence-electron chi connectivity index (χ3n) is 3.41. The Labute approximate surface area is 171 Å². The van der Waals surface area contributed by atoms with Crippen LogP contribution in [0.1, 0.15) is 10.8 Å². The molecule has 1 atom stereocenters. The molecule has 2 nitrogen and oxygen atoms in total. The van der Waals surface area contributed by atoms with Gasteiger partial charge in [-0.1, -0.05) is 61.1 Å². The monoisotopic (exact) mass is 504 g/mol. The van der Waals surface area contributed by atoms with Gasteiger partial charge in [0.2, 0.25) is 0 Å².